The summed E-state index contributed by atoms with van der Waals surface area (Å²) >= 11 is 3.33. The third-order valence-corrected chi connectivity index (χ3v) is 2.92. The molecule has 1 heterocycles. The largest absolute Gasteiger partial charge is 0.368 e. The number of anilines is 1. The highest BCUT2D eigenvalue weighted by Crippen LogP contribution is 2.16. The number of aryl methyl sites for hydroxylation is 1. The Morgan fingerprint density at radius 2 is 2.24 bits per heavy atom. The van der Waals surface area contributed by atoms with Crippen molar-refractivity contribution in [1.29, 1.82) is 0 Å². The number of nitrogens with one attached hydrogen (secondary N) is 1. The Bertz CT molecular complexity index is 510. The van der Waals surface area contributed by atoms with Gasteiger partial charge < -0.3 is 5.32 Å². The monoisotopic (exact) mass is 297 g/mol. The Hall–Kier alpha value is -1.36. The molecule has 0 aliphatic carbocycles. The first-order valence-corrected chi connectivity index (χ1v) is 6.12. The van der Waals surface area contributed by atoms with Crippen LogP contribution in [0.15, 0.2) is 34.9 Å². The highest BCUT2D eigenvalue weighted by Gasteiger charge is 2.03. The molecule has 2 aromatic rings. The Labute approximate surface area is 108 Å². The minimum Gasteiger partial charge on any atom is -0.368 e. The van der Waals surface area contributed by atoms with Gasteiger partial charge in [0.1, 0.15) is 11.6 Å². The fourth-order valence-corrected chi connectivity index (χ4v) is 1.98. The van der Waals surface area contributed by atoms with Gasteiger partial charge in [0.05, 0.1) is 0 Å². The first-order chi connectivity index (χ1) is 8.15. The first-order valence-electron chi connectivity index (χ1n) is 5.32. The lowest BCUT2D eigenvalue weighted by molar-refractivity contribution is 0.610. The molecule has 0 unspecified atom stereocenters. The quantitative estimate of drug-likeness (QED) is 0.940. The van der Waals surface area contributed by atoms with Crippen molar-refractivity contribution in [3.8, 4) is 0 Å². The Morgan fingerprint density at radius 3 is 2.94 bits per heavy atom. The Balaban J connectivity index is 1.91. The molecule has 3 nitrogen and oxygen atoms in total. The number of hydrogen-bond donors (Lipinski definition) is 1. The first kappa shape index (κ1) is 12.1. The molecule has 1 N–H and O–H groups in total. The summed E-state index contributed by atoms with van der Waals surface area (Å²) in [5, 5.41) is 7.33. The van der Waals surface area contributed by atoms with E-state index >= 15 is 0 Å². The minimum absolute atomic E-state index is 0.170. The van der Waals surface area contributed by atoms with Crippen molar-refractivity contribution < 1.29 is 4.39 Å². The van der Waals surface area contributed by atoms with E-state index in [2.05, 4.69) is 26.3 Å². The molecular weight excluding hydrogens is 285 g/mol. The van der Waals surface area contributed by atoms with E-state index in [1.54, 1.807) is 16.8 Å². The zero-order valence-corrected chi connectivity index (χ0v) is 11.0. The van der Waals surface area contributed by atoms with E-state index in [1.165, 1.54) is 6.07 Å². The van der Waals surface area contributed by atoms with Gasteiger partial charge in [0.2, 0.25) is 0 Å². The zero-order chi connectivity index (χ0) is 12.3. The maximum Gasteiger partial charge on any atom is 0.147 e. The van der Waals surface area contributed by atoms with Crippen molar-refractivity contribution in [1.82, 2.24) is 9.78 Å². The summed E-state index contributed by atoms with van der Waals surface area (Å²) < 4.78 is 16.1. The van der Waals surface area contributed by atoms with Crippen molar-refractivity contribution in [2.24, 2.45) is 7.05 Å². The summed E-state index contributed by atoms with van der Waals surface area (Å²) in [5.41, 5.74) is 0.697. The summed E-state index contributed by atoms with van der Waals surface area (Å²) in [6.07, 6.45) is 2.49. The van der Waals surface area contributed by atoms with E-state index in [1.807, 2.05) is 19.3 Å². The van der Waals surface area contributed by atoms with Crippen molar-refractivity contribution in [3.63, 3.8) is 0 Å². The Morgan fingerprint density at radius 1 is 1.41 bits per heavy atom. The Kier molecular flexibility index (Phi) is 3.78. The van der Waals surface area contributed by atoms with Crippen LogP contribution in [0.3, 0.4) is 0 Å². The van der Waals surface area contributed by atoms with E-state index in [0.717, 1.165) is 10.3 Å². The van der Waals surface area contributed by atoms with E-state index in [4.69, 9.17) is 0 Å². The van der Waals surface area contributed by atoms with E-state index < -0.39 is 0 Å². The molecule has 0 atom stereocenters. The third kappa shape index (κ3) is 3.30. The number of rotatable bonds is 4. The summed E-state index contributed by atoms with van der Waals surface area (Å²) in [5.74, 6) is 0.638. The molecule has 17 heavy (non-hydrogen) atoms. The summed E-state index contributed by atoms with van der Waals surface area (Å²) in [6, 6.07) is 6.86. The van der Waals surface area contributed by atoms with Crippen molar-refractivity contribution in [2.75, 3.05) is 11.9 Å². The highest BCUT2D eigenvalue weighted by atomic mass is 79.9. The second-order valence-electron chi connectivity index (χ2n) is 3.79. The fraction of sp³-hybridized carbons (Fsp3) is 0.250. The number of nitrogens with zero attached hydrogens (tertiary/aromatic N) is 2. The van der Waals surface area contributed by atoms with Gasteiger partial charge in [-0.25, -0.2) is 4.39 Å². The smallest absolute Gasteiger partial charge is 0.147 e. The number of halogens is 2. The molecule has 0 radical (unpaired) electrons. The summed E-state index contributed by atoms with van der Waals surface area (Å²) in [6.45, 7) is 0.657. The van der Waals surface area contributed by atoms with Gasteiger partial charge in [-0.3, -0.25) is 4.68 Å². The number of benzene rings is 1. The van der Waals surface area contributed by atoms with Crippen molar-refractivity contribution in [3.05, 3.63) is 46.3 Å². The molecule has 1 aromatic heterocycles. The molecule has 0 amide bonds. The van der Waals surface area contributed by atoms with Gasteiger partial charge in [0, 0.05) is 30.3 Å². The molecule has 0 aliphatic heterocycles. The molecule has 0 fully saturated rings. The lowest BCUT2D eigenvalue weighted by Crippen LogP contribution is -2.07. The van der Waals surface area contributed by atoms with Crippen LogP contribution >= 0.6 is 15.9 Å². The molecule has 2 rings (SSSR count). The molecule has 0 saturated heterocycles. The predicted octanol–water partition coefficient (Wildman–Crippen LogP) is 2.98. The van der Waals surface area contributed by atoms with Gasteiger partial charge in [-0.1, -0.05) is 15.9 Å². The highest BCUT2D eigenvalue weighted by molar-refractivity contribution is 9.10. The van der Waals surface area contributed by atoms with Gasteiger partial charge >= 0.3 is 0 Å². The third-order valence-electron chi connectivity index (χ3n) is 2.42. The SMILES string of the molecule is Cn1ccc(NCCc2cc(Br)ccc2F)n1. The molecule has 90 valence electrons. The van der Waals surface area contributed by atoms with Crippen LogP contribution in [0.2, 0.25) is 0 Å². The molecule has 0 saturated carbocycles. The van der Waals surface area contributed by atoms with Crippen LogP contribution in [0.25, 0.3) is 0 Å². The number of hydrogen-bond acceptors (Lipinski definition) is 2. The average molecular weight is 298 g/mol. The van der Waals surface area contributed by atoms with Crippen LogP contribution in [0.1, 0.15) is 5.56 Å². The van der Waals surface area contributed by atoms with Gasteiger partial charge in [-0.2, -0.15) is 5.10 Å². The fourth-order valence-electron chi connectivity index (χ4n) is 1.57. The zero-order valence-electron chi connectivity index (χ0n) is 9.45. The van der Waals surface area contributed by atoms with Gasteiger partial charge in [-0.05, 0) is 30.2 Å². The normalized spacial score (nSPS) is 10.5. The lowest BCUT2D eigenvalue weighted by Gasteiger charge is -2.05. The van der Waals surface area contributed by atoms with E-state index in [9.17, 15) is 4.39 Å². The van der Waals surface area contributed by atoms with Crippen LogP contribution in [0, 0.1) is 5.82 Å². The van der Waals surface area contributed by atoms with Gasteiger partial charge in [0.15, 0.2) is 0 Å². The molecule has 1 aromatic carbocycles. The summed E-state index contributed by atoms with van der Waals surface area (Å²) in [4.78, 5) is 0. The van der Waals surface area contributed by atoms with Gasteiger partial charge in [-0.15, -0.1) is 0 Å². The van der Waals surface area contributed by atoms with E-state index in [-0.39, 0.29) is 5.82 Å². The molecule has 5 heteroatoms. The van der Waals surface area contributed by atoms with Crippen LogP contribution < -0.4 is 5.32 Å². The van der Waals surface area contributed by atoms with Crippen LogP contribution in [0.5, 0.6) is 0 Å². The maximum atomic E-state index is 13.4. The molecular formula is C12H13BrFN3. The minimum atomic E-state index is -0.170. The number of aromatic nitrogens is 2. The second-order valence-corrected chi connectivity index (χ2v) is 4.70. The summed E-state index contributed by atoms with van der Waals surface area (Å²) in [7, 11) is 1.86. The average Bonchev–Trinajstić information content (AvgIpc) is 2.69. The van der Waals surface area contributed by atoms with E-state index in [0.29, 0.717) is 18.5 Å². The van der Waals surface area contributed by atoms with Crippen LogP contribution in [-0.4, -0.2) is 16.3 Å². The predicted molar refractivity (Wildman–Crippen MR) is 69.5 cm³/mol. The second kappa shape index (κ2) is 5.31. The molecule has 0 aliphatic rings. The van der Waals surface area contributed by atoms with Crippen LogP contribution in [0.4, 0.5) is 10.2 Å². The maximum absolute atomic E-state index is 13.4. The molecule has 0 spiro atoms. The molecule has 0 bridgehead atoms. The van der Waals surface area contributed by atoms with Crippen molar-refractivity contribution in [2.45, 2.75) is 6.42 Å². The van der Waals surface area contributed by atoms with Crippen LogP contribution in [-0.2, 0) is 13.5 Å². The lowest BCUT2D eigenvalue weighted by atomic mass is 10.1. The van der Waals surface area contributed by atoms with Gasteiger partial charge in [0.25, 0.3) is 0 Å². The topological polar surface area (TPSA) is 29.9 Å². The van der Waals surface area contributed by atoms with Crippen molar-refractivity contribution >= 4 is 21.7 Å². The standard InChI is InChI=1S/C12H13BrFN3/c1-17-7-5-12(16-17)15-6-4-9-8-10(13)2-3-11(9)14/h2-3,5,7-8H,4,6H2,1H3,(H,15,16).